The summed E-state index contributed by atoms with van der Waals surface area (Å²) in [6.45, 7) is 2.53. The molecule has 72 valence electrons. The summed E-state index contributed by atoms with van der Waals surface area (Å²) in [4.78, 5) is 4.19. The molecule has 1 aromatic rings. The average molecular weight is 180 g/mol. The van der Waals surface area contributed by atoms with Crippen LogP contribution in [-0.4, -0.2) is 23.2 Å². The lowest BCUT2D eigenvalue weighted by Gasteiger charge is -2.24. The molecule has 3 nitrogen and oxygen atoms in total. The summed E-state index contributed by atoms with van der Waals surface area (Å²) in [7, 11) is 0. The topological polar surface area (TPSA) is 59.1 Å². The maximum absolute atomic E-state index is 9.14. The standard InChI is InChI=1S/C10H16N2O/c1-10(7-11,8-13)6-9-4-2-3-5-12-9/h2-5,13H,6-8,11H2,1H3. The zero-order valence-electron chi connectivity index (χ0n) is 7.90. The van der Waals surface area contributed by atoms with Crippen molar-refractivity contribution in [3.05, 3.63) is 30.1 Å². The predicted molar refractivity (Wildman–Crippen MR) is 52.2 cm³/mol. The Balaban J connectivity index is 2.68. The first kappa shape index (κ1) is 10.2. The van der Waals surface area contributed by atoms with Crippen LogP contribution >= 0.6 is 0 Å². The number of aromatic nitrogens is 1. The fourth-order valence-electron chi connectivity index (χ4n) is 1.13. The first-order chi connectivity index (χ1) is 6.20. The third-order valence-electron chi connectivity index (χ3n) is 2.21. The van der Waals surface area contributed by atoms with Gasteiger partial charge in [-0.1, -0.05) is 13.0 Å². The van der Waals surface area contributed by atoms with Gasteiger partial charge in [-0.3, -0.25) is 4.98 Å². The highest BCUT2D eigenvalue weighted by atomic mass is 16.3. The van der Waals surface area contributed by atoms with Crippen LogP contribution in [0.3, 0.4) is 0 Å². The molecule has 0 bridgehead atoms. The predicted octanol–water partition coefficient (Wildman–Crippen LogP) is 0.581. The Morgan fingerprint density at radius 1 is 1.54 bits per heavy atom. The Morgan fingerprint density at radius 2 is 2.31 bits per heavy atom. The largest absolute Gasteiger partial charge is 0.396 e. The molecule has 0 aliphatic carbocycles. The first-order valence-electron chi connectivity index (χ1n) is 4.41. The lowest BCUT2D eigenvalue weighted by atomic mass is 9.86. The maximum Gasteiger partial charge on any atom is 0.0500 e. The molecule has 0 saturated carbocycles. The van der Waals surface area contributed by atoms with Crippen molar-refractivity contribution in [3.63, 3.8) is 0 Å². The van der Waals surface area contributed by atoms with Crippen LogP contribution in [0, 0.1) is 5.41 Å². The van der Waals surface area contributed by atoms with E-state index in [9.17, 15) is 0 Å². The number of hydrogen-bond donors (Lipinski definition) is 2. The van der Waals surface area contributed by atoms with Gasteiger partial charge in [-0.05, 0) is 18.6 Å². The Morgan fingerprint density at radius 3 is 2.77 bits per heavy atom. The number of pyridine rings is 1. The summed E-state index contributed by atoms with van der Waals surface area (Å²) >= 11 is 0. The molecule has 0 spiro atoms. The van der Waals surface area contributed by atoms with Crippen LogP contribution < -0.4 is 5.73 Å². The molecule has 1 aromatic heterocycles. The van der Waals surface area contributed by atoms with Gasteiger partial charge in [0.05, 0.1) is 6.61 Å². The number of aliphatic hydroxyl groups is 1. The van der Waals surface area contributed by atoms with Crippen molar-refractivity contribution in [2.45, 2.75) is 13.3 Å². The van der Waals surface area contributed by atoms with E-state index >= 15 is 0 Å². The third-order valence-corrected chi connectivity index (χ3v) is 2.21. The van der Waals surface area contributed by atoms with Crippen molar-refractivity contribution >= 4 is 0 Å². The van der Waals surface area contributed by atoms with Crippen molar-refractivity contribution < 1.29 is 5.11 Å². The Bertz CT molecular complexity index is 244. The number of nitrogens with two attached hydrogens (primary N) is 1. The normalized spacial score (nSPS) is 15.3. The summed E-state index contributed by atoms with van der Waals surface area (Å²) in [5, 5.41) is 9.14. The second-order valence-corrected chi connectivity index (χ2v) is 3.67. The Hall–Kier alpha value is -0.930. The second-order valence-electron chi connectivity index (χ2n) is 3.67. The zero-order chi connectivity index (χ0) is 9.73. The van der Waals surface area contributed by atoms with Crippen LogP contribution in [0.2, 0.25) is 0 Å². The summed E-state index contributed by atoms with van der Waals surface area (Å²) in [5.41, 5.74) is 6.31. The fraction of sp³-hybridized carbons (Fsp3) is 0.500. The van der Waals surface area contributed by atoms with E-state index in [2.05, 4.69) is 4.98 Å². The molecule has 0 aliphatic heterocycles. The highest BCUT2D eigenvalue weighted by molar-refractivity contribution is 5.06. The third kappa shape index (κ3) is 2.79. The van der Waals surface area contributed by atoms with Crippen LogP contribution in [0.5, 0.6) is 0 Å². The molecule has 0 fully saturated rings. The van der Waals surface area contributed by atoms with Crippen LogP contribution in [0.15, 0.2) is 24.4 Å². The van der Waals surface area contributed by atoms with E-state index in [1.165, 1.54) is 0 Å². The molecule has 0 saturated heterocycles. The van der Waals surface area contributed by atoms with Gasteiger partial charge in [0, 0.05) is 23.9 Å². The molecule has 3 N–H and O–H groups in total. The van der Waals surface area contributed by atoms with E-state index in [0.717, 1.165) is 12.1 Å². The molecule has 1 heterocycles. The molecular weight excluding hydrogens is 164 g/mol. The van der Waals surface area contributed by atoms with E-state index in [4.69, 9.17) is 10.8 Å². The quantitative estimate of drug-likeness (QED) is 0.712. The molecule has 1 unspecified atom stereocenters. The molecule has 0 amide bonds. The van der Waals surface area contributed by atoms with Gasteiger partial charge in [-0.15, -0.1) is 0 Å². The molecule has 1 rings (SSSR count). The van der Waals surface area contributed by atoms with Gasteiger partial charge in [0.2, 0.25) is 0 Å². The minimum Gasteiger partial charge on any atom is -0.396 e. The minimum atomic E-state index is -0.242. The highest BCUT2D eigenvalue weighted by Gasteiger charge is 2.22. The SMILES string of the molecule is CC(CN)(CO)Cc1ccccn1. The van der Waals surface area contributed by atoms with Crippen molar-refractivity contribution in [1.82, 2.24) is 4.98 Å². The van der Waals surface area contributed by atoms with Crippen LogP contribution in [0.25, 0.3) is 0 Å². The van der Waals surface area contributed by atoms with Gasteiger partial charge in [-0.25, -0.2) is 0 Å². The number of nitrogens with zero attached hydrogens (tertiary/aromatic N) is 1. The van der Waals surface area contributed by atoms with Crippen LogP contribution in [-0.2, 0) is 6.42 Å². The minimum absolute atomic E-state index is 0.0973. The summed E-state index contributed by atoms with van der Waals surface area (Å²) in [6, 6.07) is 5.77. The molecule has 0 aromatic carbocycles. The van der Waals surface area contributed by atoms with E-state index in [1.54, 1.807) is 6.20 Å². The van der Waals surface area contributed by atoms with E-state index < -0.39 is 0 Å². The van der Waals surface area contributed by atoms with Gasteiger partial charge in [0.1, 0.15) is 0 Å². The average Bonchev–Trinajstić information content (AvgIpc) is 2.19. The van der Waals surface area contributed by atoms with Crippen molar-refractivity contribution in [2.75, 3.05) is 13.2 Å². The van der Waals surface area contributed by atoms with Crippen molar-refractivity contribution in [1.29, 1.82) is 0 Å². The smallest absolute Gasteiger partial charge is 0.0500 e. The lowest BCUT2D eigenvalue weighted by Crippen LogP contribution is -2.33. The summed E-state index contributed by atoms with van der Waals surface area (Å²) in [6.07, 6.45) is 2.48. The molecule has 3 heteroatoms. The monoisotopic (exact) mass is 180 g/mol. The molecule has 0 radical (unpaired) electrons. The summed E-state index contributed by atoms with van der Waals surface area (Å²) in [5.74, 6) is 0. The Kier molecular flexibility index (Phi) is 3.39. The van der Waals surface area contributed by atoms with Gasteiger partial charge >= 0.3 is 0 Å². The highest BCUT2D eigenvalue weighted by Crippen LogP contribution is 2.18. The maximum atomic E-state index is 9.14. The van der Waals surface area contributed by atoms with E-state index in [-0.39, 0.29) is 12.0 Å². The lowest BCUT2D eigenvalue weighted by molar-refractivity contribution is 0.148. The number of aliphatic hydroxyl groups excluding tert-OH is 1. The fourth-order valence-corrected chi connectivity index (χ4v) is 1.13. The molecular formula is C10H16N2O. The number of hydrogen-bond acceptors (Lipinski definition) is 3. The Labute approximate surface area is 78.6 Å². The molecule has 1 atom stereocenters. The van der Waals surface area contributed by atoms with Gasteiger partial charge in [-0.2, -0.15) is 0 Å². The second kappa shape index (κ2) is 4.35. The first-order valence-corrected chi connectivity index (χ1v) is 4.41. The molecule has 13 heavy (non-hydrogen) atoms. The van der Waals surface area contributed by atoms with Crippen molar-refractivity contribution in [2.24, 2.45) is 11.1 Å². The van der Waals surface area contributed by atoms with E-state index in [1.807, 2.05) is 25.1 Å². The van der Waals surface area contributed by atoms with Gasteiger partial charge < -0.3 is 10.8 Å². The van der Waals surface area contributed by atoms with Crippen LogP contribution in [0.1, 0.15) is 12.6 Å². The van der Waals surface area contributed by atoms with Gasteiger partial charge in [0.25, 0.3) is 0 Å². The van der Waals surface area contributed by atoms with Crippen molar-refractivity contribution in [3.8, 4) is 0 Å². The molecule has 0 aliphatic rings. The van der Waals surface area contributed by atoms with Gasteiger partial charge in [0.15, 0.2) is 0 Å². The number of rotatable bonds is 4. The summed E-state index contributed by atoms with van der Waals surface area (Å²) < 4.78 is 0. The van der Waals surface area contributed by atoms with Crippen LogP contribution in [0.4, 0.5) is 0 Å². The zero-order valence-corrected chi connectivity index (χ0v) is 7.90. The van der Waals surface area contributed by atoms with E-state index in [0.29, 0.717) is 6.54 Å².